The topological polar surface area (TPSA) is 87.1 Å². The van der Waals surface area contributed by atoms with Crippen LogP contribution in [0.25, 0.3) is 0 Å². The van der Waals surface area contributed by atoms with Gasteiger partial charge in [-0.15, -0.1) is 0 Å². The number of carbonyl (C=O) groups excluding carboxylic acids is 1. The summed E-state index contributed by atoms with van der Waals surface area (Å²) in [6.07, 6.45) is 2.10. The number of carboxylic acids is 1. The van der Waals surface area contributed by atoms with Gasteiger partial charge < -0.3 is 14.9 Å². The van der Waals surface area contributed by atoms with Gasteiger partial charge in [0.05, 0.1) is 0 Å². The number of unbranched alkanes of at least 4 members (excludes halogenated alkanes) is 1. The Balaban J connectivity index is 4.82. The largest absolute Gasteiger partial charge is 0.480 e. The highest BCUT2D eigenvalue weighted by atomic mass is 32.2. The lowest BCUT2D eigenvalue weighted by Gasteiger charge is -2.31. The molecule has 0 heterocycles. The van der Waals surface area contributed by atoms with Gasteiger partial charge in [-0.2, -0.15) is 11.8 Å². The van der Waals surface area contributed by atoms with E-state index >= 15 is 0 Å². The molecule has 0 saturated heterocycles. The number of thioether (sulfide) groups is 1. The molecule has 0 saturated carbocycles. The number of nitrogens with zero attached hydrogens (tertiary/aromatic N) is 1. The number of rotatable bonds is 11. The number of hydrogen-bond donors (Lipinski definition) is 2. The van der Waals surface area contributed by atoms with Crippen molar-refractivity contribution in [1.29, 1.82) is 0 Å². The Bertz CT molecular complexity index is 357. The van der Waals surface area contributed by atoms with E-state index in [1.165, 1.54) is 4.90 Å². The molecule has 0 rings (SSSR count). The SMILES string of the molecule is CCCCN(C(=O)OC(C)(C)C)C(CCSCCCO)C(=O)O. The monoisotopic (exact) mass is 349 g/mol. The zero-order valence-electron chi connectivity index (χ0n) is 14.7. The van der Waals surface area contributed by atoms with Gasteiger partial charge >= 0.3 is 12.1 Å². The summed E-state index contributed by atoms with van der Waals surface area (Å²) in [5.74, 6) is 0.404. The van der Waals surface area contributed by atoms with Crippen LogP contribution in [0.2, 0.25) is 0 Å². The molecular formula is C16H31NO5S. The second-order valence-electron chi connectivity index (χ2n) is 6.36. The fraction of sp³-hybridized carbons (Fsp3) is 0.875. The summed E-state index contributed by atoms with van der Waals surface area (Å²) >= 11 is 1.59. The van der Waals surface area contributed by atoms with Crippen LogP contribution in [0.15, 0.2) is 0 Å². The summed E-state index contributed by atoms with van der Waals surface area (Å²) < 4.78 is 5.36. The van der Waals surface area contributed by atoms with Gasteiger partial charge in [-0.05, 0) is 51.5 Å². The third-order valence-electron chi connectivity index (χ3n) is 3.02. The number of carboxylic acid groups (broad SMARTS) is 1. The summed E-state index contributed by atoms with van der Waals surface area (Å²) in [5.41, 5.74) is -0.652. The molecule has 23 heavy (non-hydrogen) atoms. The van der Waals surface area contributed by atoms with Crippen LogP contribution in [0.3, 0.4) is 0 Å². The predicted octanol–water partition coefficient (Wildman–Crippen LogP) is 2.98. The summed E-state index contributed by atoms with van der Waals surface area (Å²) in [4.78, 5) is 25.3. The Morgan fingerprint density at radius 3 is 2.35 bits per heavy atom. The molecule has 1 unspecified atom stereocenters. The lowest BCUT2D eigenvalue weighted by Crippen LogP contribution is -2.48. The first kappa shape index (κ1) is 22.1. The summed E-state index contributed by atoms with van der Waals surface area (Å²) in [7, 11) is 0. The number of aliphatic hydroxyl groups is 1. The van der Waals surface area contributed by atoms with Gasteiger partial charge in [-0.25, -0.2) is 9.59 Å². The van der Waals surface area contributed by atoms with Gasteiger partial charge in [0.1, 0.15) is 11.6 Å². The van der Waals surface area contributed by atoms with Gasteiger partial charge in [-0.3, -0.25) is 4.90 Å². The molecule has 0 aliphatic rings. The maximum absolute atomic E-state index is 12.3. The van der Waals surface area contributed by atoms with E-state index in [1.807, 2.05) is 6.92 Å². The van der Waals surface area contributed by atoms with Crippen LogP contribution in [-0.4, -0.2) is 63.5 Å². The number of aliphatic carboxylic acids is 1. The molecule has 2 N–H and O–H groups in total. The molecule has 0 spiro atoms. The molecule has 1 atom stereocenters. The highest BCUT2D eigenvalue weighted by molar-refractivity contribution is 7.99. The molecule has 0 aromatic carbocycles. The second-order valence-corrected chi connectivity index (χ2v) is 7.58. The Labute approximate surface area is 143 Å². The van der Waals surface area contributed by atoms with E-state index < -0.39 is 23.7 Å². The molecule has 1 amide bonds. The van der Waals surface area contributed by atoms with E-state index in [4.69, 9.17) is 9.84 Å². The van der Waals surface area contributed by atoms with E-state index in [-0.39, 0.29) is 6.61 Å². The van der Waals surface area contributed by atoms with Crippen molar-refractivity contribution in [3.05, 3.63) is 0 Å². The minimum Gasteiger partial charge on any atom is -0.480 e. The maximum Gasteiger partial charge on any atom is 0.411 e. The highest BCUT2D eigenvalue weighted by Crippen LogP contribution is 2.17. The smallest absolute Gasteiger partial charge is 0.411 e. The molecular weight excluding hydrogens is 318 g/mol. The Kier molecular flexibility index (Phi) is 11.1. The van der Waals surface area contributed by atoms with Crippen molar-refractivity contribution >= 4 is 23.8 Å². The van der Waals surface area contributed by atoms with E-state index in [0.29, 0.717) is 25.1 Å². The first-order valence-electron chi connectivity index (χ1n) is 8.14. The minimum absolute atomic E-state index is 0.135. The average Bonchev–Trinajstić information content (AvgIpc) is 2.42. The van der Waals surface area contributed by atoms with Gasteiger partial charge in [-0.1, -0.05) is 13.3 Å². The first-order chi connectivity index (χ1) is 10.7. The van der Waals surface area contributed by atoms with Crippen LogP contribution in [0.5, 0.6) is 0 Å². The molecule has 0 aromatic heterocycles. The maximum atomic E-state index is 12.3. The number of hydrogen-bond acceptors (Lipinski definition) is 5. The molecule has 0 aliphatic carbocycles. The Morgan fingerprint density at radius 2 is 1.87 bits per heavy atom. The van der Waals surface area contributed by atoms with Crippen LogP contribution < -0.4 is 0 Å². The third-order valence-corrected chi connectivity index (χ3v) is 4.13. The zero-order valence-corrected chi connectivity index (χ0v) is 15.5. The lowest BCUT2D eigenvalue weighted by atomic mass is 10.1. The van der Waals surface area contributed by atoms with Crippen molar-refractivity contribution in [2.24, 2.45) is 0 Å². The van der Waals surface area contributed by atoms with Crippen molar-refractivity contribution in [2.75, 3.05) is 24.7 Å². The fourth-order valence-corrected chi connectivity index (χ4v) is 2.83. The van der Waals surface area contributed by atoms with Gasteiger partial charge in [0.2, 0.25) is 0 Å². The lowest BCUT2D eigenvalue weighted by molar-refractivity contribution is -0.143. The molecule has 6 nitrogen and oxygen atoms in total. The quantitative estimate of drug-likeness (QED) is 0.558. The molecule has 0 radical (unpaired) electrons. The number of ether oxygens (including phenoxy) is 1. The molecule has 0 aromatic rings. The molecule has 0 aliphatic heterocycles. The number of amides is 1. The Morgan fingerprint density at radius 1 is 1.22 bits per heavy atom. The number of carbonyl (C=O) groups is 2. The molecule has 0 fully saturated rings. The molecule has 7 heteroatoms. The van der Waals surface area contributed by atoms with Crippen LogP contribution in [-0.2, 0) is 9.53 Å². The van der Waals surface area contributed by atoms with Gasteiger partial charge in [0.15, 0.2) is 0 Å². The average molecular weight is 349 g/mol. The number of aliphatic hydroxyl groups excluding tert-OH is 1. The van der Waals surface area contributed by atoms with Crippen LogP contribution in [0.1, 0.15) is 53.4 Å². The second kappa shape index (κ2) is 11.6. The summed E-state index contributed by atoms with van der Waals surface area (Å²) in [5, 5.41) is 18.2. The van der Waals surface area contributed by atoms with E-state index in [2.05, 4.69) is 0 Å². The molecule has 0 bridgehead atoms. The van der Waals surface area contributed by atoms with Gasteiger partial charge in [0, 0.05) is 13.2 Å². The van der Waals surface area contributed by atoms with Gasteiger partial charge in [0.25, 0.3) is 0 Å². The Hall–Kier alpha value is -0.950. The van der Waals surface area contributed by atoms with Crippen molar-refractivity contribution in [1.82, 2.24) is 4.90 Å². The van der Waals surface area contributed by atoms with Crippen LogP contribution >= 0.6 is 11.8 Å². The first-order valence-corrected chi connectivity index (χ1v) is 9.29. The standard InChI is InChI=1S/C16H31NO5S/c1-5-6-9-17(15(21)22-16(2,3)4)13(14(19)20)8-12-23-11-7-10-18/h13,18H,5-12H2,1-4H3,(H,19,20). The molecule has 136 valence electrons. The zero-order chi connectivity index (χ0) is 17.9. The van der Waals surface area contributed by atoms with E-state index in [1.54, 1.807) is 32.5 Å². The summed E-state index contributed by atoms with van der Waals surface area (Å²) in [6.45, 7) is 7.81. The predicted molar refractivity (Wildman–Crippen MR) is 92.9 cm³/mol. The highest BCUT2D eigenvalue weighted by Gasteiger charge is 2.32. The van der Waals surface area contributed by atoms with Crippen molar-refractivity contribution in [3.63, 3.8) is 0 Å². The fourth-order valence-electron chi connectivity index (χ4n) is 1.90. The van der Waals surface area contributed by atoms with E-state index in [0.717, 1.165) is 18.6 Å². The van der Waals surface area contributed by atoms with E-state index in [9.17, 15) is 14.7 Å². The normalized spacial score (nSPS) is 12.7. The third kappa shape index (κ3) is 10.4. The van der Waals surface area contributed by atoms with Crippen molar-refractivity contribution < 1.29 is 24.5 Å². The summed E-state index contributed by atoms with van der Waals surface area (Å²) in [6, 6.07) is -0.877. The van der Waals surface area contributed by atoms with Crippen molar-refractivity contribution in [2.45, 2.75) is 65.0 Å². The van der Waals surface area contributed by atoms with Crippen LogP contribution in [0.4, 0.5) is 4.79 Å². The minimum atomic E-state index is -1.00. The van der Waals surface area contributed by atoms with Crippen molar-refractivity contribution in [3.8, 4) is 0 Å². The van der Waals surface area contributed by atoms with Crippen LogP contribution in [0, 0.1) is 0 Å².